The molecule has 0 aromatic rings. The molecule has 0 radical (unpaired) electrons. The summed E-state index contributed by atoms with van der Waals surface area (Å²) >= 11 is 0. The number of aliphatic hydroxyl groups is 2. The lowest BCUT2D eigenvalue weighted by Crippen LogP contribution is -2.58. The van der Waals surface area contributed by atoms with Crippen molar-refractivity contribution in [3.8, 4) is 0 Å². The van der Waals surface area contributed by atoms with Gasteiger partial charge in [0.05, 0.1) is 17.3 Å². The fourth-order valence-corrected chi connectivity index (χ4v) is 6.55. The minimum atomic E-state index is -2.51. The van der Waals surface area contributed by atoms with E-state index in [0.717, 1.165) is 12.0 Å². The second-order valence-corrected chi connectivity index (χ2v) is 8.96. The summed E-state index contributed by atoms with van der Waals surface area (Å²) in [7, 11) is 0. The maximum atomic E-state index is 12.2. The van der Waals surface area contributed by atoms with Gasteiger partial charge in [0.1, 0.15) is 0 Å². The van der Waals surface area contributed by atoms with Crippen molar-refractivity contribution in [2.75, 3.05) is 0 Å². The fraction of sp³-hybridized carbons (Fsp3) is 0.714. The largest absolute Gasteiger partial charge is 0.393 e. The van der Waals surface area contributed by atoms with E-state index in [1.807, 2.05) is 13.8 Å². The van der Waals surface area contributed by atoms with Crippen LogP contribution in [0.5, 0.6) is 0 Å². The minimum absolute atomic E-state index is 0.0181. The van der Waals surface area contributed by atoms with Crippen molar-refractivity contribution < 1.29 is 23.9 Å². The van der Waals surface area contributed by atoms with Crippen LogP contribution in [0.25, 0.3) is 0 Å². The molecular formula is C21H28O4. The molecule has 4 aliphatic carbocycles. The maximum Gasteiger partial charge on any atom is 0.188 e. The summed E-state index contributed by atoms with van der Waals surface area (Å²) in [6, 6.07) is 0. The first kappa shape index (κ1) is 13.9. The zero-order valence-corrected chi connectivity index (χ0v) is 14.8. The zero-order chi connectivity index (χ0) is 20.7. The van der Waals surface area contributed by atoms with Crippen LogP contribution in [-0.2, 0) is 9.59 Å². The Kier molecular flexibility index (Phi) is 2.85. The van der Waals surface area contributed by atoms with E-state index in [1.54, 1.807) is 12.2 Å². The lowest BCUT2D eigenvalue weighted by atomic mass is 9.46. The van der Waals surface area contributed by atoms with Crippen LogP contribution in [0.4, 0.5) is 0 Å². The van der Waals surface area contributed by atoms with Gasteiger partial charge in [-0.05, 0) is 56.9 Å². The first-order valence-electron chi connectivity index (χ1n) is 10.7. The lowest BCUT2D eigenvalue weighted by Gasteiger charge is -2.59. The average molecular weight is 347 g/mol. The quantitative estimate of drug-likeness (QED) is 0.565. The van der Waals surface area contributed by atoms with E-state index < -0.39 is 29.4 Å². The Morgan fingerprint density at radius 3 is 2.80 bits per heavy atom. The van der Waals surface area contributed by atoms with Crippen LogP contribution in [0.1, 0.15) is 56.9 Å². The number of rotatable bonds is 1. The molecule has 0 spiro atoms. The van der Waals surface area contributed by atoms with E-state index in [4.69, 9.17) is 4.11 Å². The van der Waals surface area contributed by atoms with Gasteiger partial charge in [-0.15, -0.1) is 0 Å². The molecule has 0 saturated heterocycles. The minimum Gasteiger partial charge on any atom is -0.393 e. The van der Waals surface area contributed by atoms with Crippen LogP contribution in [0.3, 0.4) is 0 Å². The molecule has 0 heterocycles. The van der Waals surface area contributed by atoms with E-state index in [0.29, 0.717) is 19.1 Å². The predicted molar refractivity (Wildman–Crippen MR) is 93.6 cm³/mol. The number of carbonyl (C=O) groups is 2. The zero-order valence-electron chi connectivity index (χ0n) is 17.8. The molecule has 3 fully saturated rings. The van der Waals surface area contributed by atoms with E-state index in [1.165, 1.54) is 0 Å². The van der Waals surface area contributed by atoms with Crippen molar-refractivity contribution in [1.82, 2.24) is 0 Å². The van der Waals surface area contributed by atoms with Crippen molar-refractivity contribution in [1.29, 1.82) is 0 Å². The lowest BCUT2D eigenvalue weighted by molar-refractivity contribution is -0.158. The molecule has 0 aliphatic heterocycles. The summed E-state index contributed by atoms with van der Waals surface area (Å²) < 4.78 is 23.8. The van der Waals surface area contributed by atoms with Gasteiger partial charge in [0.25, 0.3) is 0 Å². The van der Waals surface area contributed by atoms with Crippen molar-refractivity contribution in [3.05, 3.63) is 23.3 Å². The van der Waals surface area contributed by atoms with Crippen molar-refractivity contribution in [3.63, 3.8) is 0 Å². The number of allylic oxidation sites excluding steroid dienone is 4. The van der Waals surface area contributed by atoms with Gasteiger partial charge in [0, 0.05) is 20.9 Å². The van der Waals surface area contributed by atoms with Gasteiger partial charge in [0.15, 0.2) is 12.1 Å². The van der Waals surface area contributed by atoms with Gasteiger partial charge in [-0.1, -0.05) is 25.5 Å². The fourth-order valence-electron chi connectivity index (χ4n) is 6.55. The number of fused-ring (bicyclic) bond motifs is 5. The molecule has 0 aromatic carbocycles. The summed E-state index contributed by atoms with van der Waals surface area (Å²) in [5, 5.41) is 22.4. The van der Waals surface area contributed by atoms with Crippen LogP contribution in [0.15, 0.2) is 23.3 Å². The Morgan fingerprint density at radius 1 is 1.36 bits per heavy atom. The Hall–Kier alpha value is -1.26. The highest BCUT2D eigenvalue weighted by Gasteiger charge is 2.64. The molecule has 0 amide bonds. The number of ketones is 1. The van der Waals surface area contributed by atoms with E-state index in [2.05, 4.69) is 0 Å². The van der Waals surface area contributed by atoms with Crippen LogP contribution < -0.4 is 0 Å². The number of aliphatic hydroxyl groups excluding tert-OH is 1. The molecule has 2 N–H and O–H groups in total. The summed E-state index contributed by atoms with van der Waals surface area (Å²) in [6.45, 7) is 1.29. The van der Waals surface area contributed by atoms with Gasteiger partial charge in [-0.2, -0.15) is 0 Å². The molecule has 0 bridgehead atoms. The first-order valence-corrected chi connectivity index (χ1v) is 9.23. The van der Waals surface area contributed by atoms with Gasteiger partial charge >= 0.3 is 0 Å². The highest BCUT2D eigenvalue weighted by atomic mass is 16.3. The van der Waals surface area contributed by atoms with Crippen LogP contribution in [0, 0.1) is 28.6 Å². The summed E-state index contributed by atoms with van der Waals surface area (Å²) in [5.74, 6) is -0.471. The van der Waals surface area contributed by atoms with Crippen molar-refractivity contribution in [2.45, 2.75) is 64.5 Å². The monoisotopic (exact) mass is 347 g/mol. The standard InChI is InChI=1S/C21H28O4/c1-19-9-12(11-22)16(23)8-13(19)4-5-14-15-6-7-21(3,25)20(15,2)10-17(24)18(14)19/h8-9,11,14-15,17-18,24-25H,4-7,10H2,1-3H3/t14-,15-,17+,18+,19-,20-,21-/m0/s1/i3D3. The molecule has 4 aliphatic rings. The Bertz CT molecular complexity index is 800. The molecular weight excluding hydrogens is 316 g/mol. The normalized spacial score (nSPS) is 54.1. The molecule has 3 saturated carbocycles. The van der Waals surface area contributed by atoms with Crippen LogP contribution >= 0.6 is 0 Å². The molecule has 25 heavy (non-hydrogen) atoms. The Labute approximate surface area is 153 Å². The molecule has 4 heteroatoms. The third kappa shape index (κ3) is 2.07. The average Bonchev–Trinajstić information content (AvgIpc) is 2.86. The van der Waals surface area contributed by atoms with Gasteiger partial charge in [-0.25, -0.2) is 0 Å². The Morgan fingerprint density at radius 2 is 2.12 bits per heavy atom. The van der Waals surface area contributed by atoms with Crippen molar-refractivity contribution in [2.24, 2.45) is 28.6 Å². The third-order valence-electron chi connectivity index (χ3n) is 7.91. The molecule has 0 unspecified atom stereocenters. The molecule has 0 aromatic heterocycles. The smallest absolute Gasteiger partial charge is 0.188 e. The molecule has 4 rings (SSSR count). The highest BCUT2D eigenvalue weighted by molar-refractivity contribution is 6.18. The summed E-state index contributed by atoms with van der Waals surface area (Å²) in [4.78, 5) is 23.5. The van der Waals surface area contributed by atoms with Gasteiger partial charge in [-0.3, -0.25) is 9.59 Å². The first-order chi connectivity index (χ1) is 12.9. The summed E-state index contributed by atoms with van der Waals surface area (Å²) in [6.07, 6.45) is 5.46. The van der Waals surface area contributed by atoms with E-state index in [-0.39, 0.29) is 42.0 Å². The molecule has 136 valence electrons. The maximum absolute atomic E-state index is 12.2. The topological polar surface area (TPSA) is 74.6 Å². The number of aldehydes is 1. The SMILES string of the molecule is [2H]C([2H])([2H])[C@]1(O)CC[C@H]2[C@@H]3CCC4=CC(=O)C(C=O)=C[C@]4(C)[C@H]3[C@H](O)C[C@@]21C. The van der Waals surface area contributed by atoms with Crippen molar-refractivity contribution >= 4 is 12.1 Å². The van der Waals surface area contributed by atoms with Gasteiger partial charge < -0.3 is 10.2 Å². The summed E-state index contributed by atoms with van der Waals surface area (Å²) in [5.41, 5.74) is -2.24. The number of hydrogen-bond acceptors (Lipinski definition) is 4. The third-order valence-corrected chi connectivity index (χ3v) is 7.91. The van der Waals surface area contributed by atoms with Crippen LogP contribution in [-0.4, -0.2) is 34.0 Å². The molecule has 4 nitrogen and oxygen atoms in total. The number of hydrogen-bond donors (Lipinski definition) is 2. The van der Waals surface area contributed by atoms with Crippen LogP contribution in [0.2, 0.25) is 0 Å². The Balaban J connectivity index is 1.78. The highest BCUT2D eigenvalue weighted by Crippen LogP contribution is 2.66. The van der Waals surface area contributed by atoms with E-state index in [9.17, 15) is 19.8 Å². The molecule has 7 atom stereocenters. The number of carbonyl (C=O) groups excluding carboxylic acids is 2. The second-order valence-electron chi connectivity index (χ2n) is 8.96. The second kappa shape index (κ2) is 5.14. The van der Waals surface area contributed by atoms with E-state index >= 15 is 0 Å². The van der Waals surface area contributed by atoms with Gasteiger partial charge in [0.2, 0.25) is 0 Å². The predicted octanol–water partition coefficient (Wildman–Crippen LogP) is 2.59.